The van der Waals surface area contributed by atoms with Crippen LogP contribution in [0.3, 0.4) is 0 Å². The van der Waals surface area contributed by atoms with Gasteiger partial charge in [-0.3, -0.25) is 19.0 Å². The summed E-state index contributed by atoms with van der Waals surface area (Å²) in [5, 5.41) is 3.47. The fourth-order valence-electron chi connectivity index (χ4n) is 3.79. The van der Waals surface area contributed by atoms with E-state index in [2.05, 4.69) is 10.3 Å². The van der Waals surface area contributed by atoms with Crippen molar-refractivity contribution in [2.75, 3.05) is 6.54 Å². The highest BCUT2D eigenvalue weighted by atomic mass is 32.1. The number of hydrogen-bond donors (Lipinski definition) is 1. The molecule has 3 heterocycles. The maximum absolute atomic E-state index is 12.9. The van der Waals surface area contributed by atoms with Gasteiger partial charge in [-0.15, -0.1) is 11.3 Å². The second-order valence-electron chi connectivity index (χ2n) is 7.15. The SMILES string of the molecule is O=C(CCn1cnc2sc3c(c2c1=O)CCCC3)O[C@@H]1CCCCNC1=O. The van der Waals surface area contributed by atoms with Gasteiger partial charge in [-0.05, 0) is 50.5 Å². The van der Waals surface area contributed by atoms with E-state index in [1.807, 2.05) is 0 Å². The molecule has 0 bridgehead atoms. The molecule has 0 spiro atoms. The molecular weight excluding hydrogens is 366 g/mol. The van der Waals surface area contributed by atoms with Gasteiger partial charge in [-0.2, -0.15) is 0 Å². The maximum atomic E-state index is 12.9. The van der Waals surface area contributed by atoms with Gasteiger partial charge in [0.15, 0.2) is 6.10 Å². The minimum Gasteiger partial charge on any atom is -0.452 e. The van der Waals surface area contributed by atoms with E-state index >= 15 is 0 Å². The van der Waals surface area contributed by atoms with Gasteiger partial charge in [-0.25, -0.2) is 4.98 Å². The number of esters is 1. The number of amides is 1. The number of carbonyl (C=O) groups excluding carboxylic acids is 2. The van der Waals surface area contributed by atoms with Crippen LogP contribution in [-0.2, 0) is 33.7 Å². The Morgan fingerprint density at radius 1 is 1.26 bits per heavy atom. The molecule has 1 atom stereocenters. The van der Waals surface area contributed by atoms with Crippen molar-refractivity contribution in [1.29, 1.82) is 0 Å². The number of thiophene rings is 1. The number of hydrogen-bond acceptors (Lipinski definition) is 6. The van der Waals surface area contributed by atoms with Gasteiger partial charge in [0.2, 0.25) is 0 Å². The molecule has 144 valence electrons. The zero-order chi connectivity index (χ0) is 18.8. The number of aryl methyl sites for hydroxylation is 3. The Hall–Kier alpha value is -2.22. The third-order valence-corrected chi connectivity index (χ3v) is 6.46. The van der Waals surface area contributed by atoms with Crippen LogP contribution in [0.5, 0.6) is 0 Å². The number of nitrogens with zero attached hydrogens (tertiary/aromatic N) is 2. The molecule has 1 amide bonds. The molecular formula is C19H23N3O4S. The molecule has 1 aliphatic heterocycles. The van der Waals surface area contributed by atoms with Crippen molar-refractivity contribution in [3.05, 3.63) is 27.1 Å². The van der Waals surface area contributed by atoms with Crippen LogP contribution in [0.2, 0.25) is 0 Å². The number of aromatic nitrogens is 2. The van der Waals surface area contributed by atoms with E-state index < -0.39 is 12.1 Å². The number of fused-ring (bicyclic) bond motifs is 3. The molecule has 2 aromatic heterocycles. The van der Waals surface area contributed by atoms with E-state index in [-0.39, 0.29) is 24.4 Å². The van der Waals surface area contributed by atoms with Gasteiger partial charge >= 0.3 is 5.97 Å². The topological polar surface area (TPSA) is 90.3 Å². The number of carbonyl (C=O) groups is 2. The van der Waals surface area contributed by atoms with E-state index in [0.29, 0.717) is 18.4 Å². The first-order valence-electron chi connectivity index (χ1n) is 9.60. The molecule has 2 aromatic rings. The molecule has 1 saturated heterocycles. The molecule has 0 aromatic carbocycles. The van der Waals surface area contributed by atoms with Crippen molar-refractivity contribution in [1.82, 2.24) is 14.9 Å². The molecule has 1 fully saturated rings. The van der Waals surface area contributed by atoms with Gasteiger partial charge in [-0.1, -0.05) is 0 Å². The zero-order valence-corrected chi connectivity index (χ0v) is 16.0. The maximum Gasteiger partial charge on any atom is 0.308 e. The Morgan fingerprint density at radius 2 is 2.11 bits per heavy atom. The Morgan fingerprint density at radius 3 is 3.00 bits per heavy atom. The Kier molecular flexibility index (Phi) is 5.24. The lowest BCUT2D eigenvalue weighted by molar-refractivity contribution is -0.156. The van der Waals surface area contributed by atoms with Crippen LogP contribution in [0.15, 0.2) is 11.1 Å². The predicted molar refractivity (Wildman–Crippen MR) is 102 cm³/mol. The number of rotatable bonds is 4. The van der Waals surface area contributed by atoms with E-state index in [1.165, 1.54) is 15.8 Å². The first-order valence-corrected chi connectivity index (χ1v) is 10.4. The average molecular weight is 389 g/mol. The smallest absolute Gasteiger partial charge is 0.308 e. The molecule has 0 radical (unpaired) electrons. The molecule has 2 aliphatic rings. The van der Waals surface area contributed by atoms with Crippen molar-refractivity contribution in [2.24, 2.45) is 0 Å². The van der Waals surface area contributed by atoms with E-state index in [9.17, 15) is 14.4 Å². The van der Waals surface area contributed by atoms with Crippen molar-refractivity contribution < 1.29 is 14.3 Å². The largest absolute Gasteiger partial charge is 0.452 e. The predicted octanol–water partition coefficient (Wildman–Crippen LogP) is 1.94. The minimum absolute atomic E-state index is 0.0448. The summed E-state index contributed by atoms with van der Waals surface area (Å²) < 4.78 is 6.81. The summed E-state index contributed by atoms with van der Waals surface area (Å²) in [6.45, 7) is 0.832. The lowest BCUT2D eigenvalue weighted by Crippen LogP contribution is -2.36. The standard InChI is InChI=1S/C19H23N3O4S/c23-15(26-13-6-3-4-9-20-17(13)24)8-10-22-11-21-18-16(19(22)25)12-5-1-2-7-14(12)27-18/h11,13H,1-10H2,(H,20,24)/t13-/m1/s1. The Labute approximate surface area is 160 Å². The Balaban J connectivity index is 1.45. The Bertz CT molecular complexity index is 933. The lowest BCUT2D eigenvalue weighted by atomic mass is 9.97. The average Bonchev–Trinajstić information content (AvgIpc) is 2.93. The summed E-state index contributed by atoms with van der Waals surface area (Å²) in [6.07, 6.45) is 7.33. The lowest BCUT2D eigenvalue weighted by Gasteiger charge is -2.14. The summed E-state index contributed by atoms with van der Waals surface area (Å²) in [5.74, 6) is -0.692. The monoisotopic (exact) mass is 389 g/mol. The normalized spacial score (nSPS) is 20.0. The van der Waals surface area contributed by atoms with Crippen LogP contribution in [0, 0.1) is 0 Å². The van der Waals surface area contributed by atoms with Crippen LogP contribution >= 0.6 is 11.3 Å². The van der Waals surface area contributed by atoms with Crippen molar-refractivity contribution in [3.8, 4) is 0 Å². The van der Waals surface area contributed by atoms with Gasteiger partial charge in [0, 0.05) is 18.0 Å². The fraction of sp³-hybridized carbons (Fsp3) is 0.579. The number of ether oxygens (including phenoxy) is 1. The molecule has 4 rings (SSSR count). The summed E-state index contributed by atoms with van der Waals surface area (Å²) in [5.41, 5.74) is 1.06. The number of nitrogens with one attached hydrogen (secondary N) is 1. The summed E-state index contributed by atoms with van der Waals surface area (Å²) in [7, 11) is 0. The van der Waals surface area contributed by atoms with E-state index in [1.54, 1.807) is 11.3 Å². The van der Waals surface area contributed by atoms with E-state index in [4.69, 9.17) is 4.74 Å². The van der Waals surface area contributed by atoms with Gasteiger partial charge in [0.1, 0.15) is 4.83 Å². The summed E-state index contributed by atoms with van der Waals surface area (Å²) >= 11 is 1.61. The quantitative estimate of drug-likeness (QED) is 0.807. The highest BCUT2D eigenvalue weighted by Crippen LogP contribution is 2.33. The zero-order valence-electron chi connectivity index (χ0n) is 15.2. The third kappa shape index (κ3) is 3.76. The molecule has 1 N–H and O–H groups in total. The first kappa shape index (κ1) is 18.2. The molecule has 27 heavy (non-hydrogen) atoms. The highest BCUT2D eigenvalue weighted by Gasteiger charge is 2.25. The van der Waals surface area contributed by atoms with Gasteiger partial charge in [0.05, 0.1) is 18.1 Å². The third-order valence-electron chi connectivity index (χ3n) is 5.26. The van der Waals surface area contributed by atoms with Crippen molar-refractivity contribution >= 4 is 33.4 Å². The van der Waals surface area contributed by atoms with Gasteiger partial charge in [0.25, 0.3) is 11.5 Å². The summed E-state index contributed by atoms with van der Waals surface area (Å²) in [4.78, 5) is 43.4. The van der Waals surface area contributed by atoms with E-state index in [0.717, 1.165) is 48.9 Å². The van der Waals surface area contributed by atoms with Crippen LogP contribution in [0.4, 0.5) is 0 Å². The highest BCUT2D eigenvalue weighted by molar-refractivity contribution is 7.18. The van der Waals surface area contributed by atoms with Crippen molar-refractivity contribution in [2.45, 2.75) is 64.0 Å². The van der Waals surface area contributed by atoms with Crippen LogP contribution in [0.1, 0.15) is 49.0 Å². The molecule has 7 nitrogen and oxygen atoms in total. The molecule has 0 saturated carbocycles. The molecule has 0 unspecified atom stereocenters. The van der Waals surface area contributed by atoms with Crippen molar-refractivity contribution in [3.63, 3.8) is 0 Å². The fourth-order valence-corrected chi connectivity index (χ4v) is 5.01. The van der Waals surface area contributed by atoms with Gasteiger partial charge < -0.3 is 10.1 Å². The first-order chi connectivity index (χ1) is 13.1. The second kappa shape index (κ2) is 7.80. The van der Waals surface area contributed by atoms with Crippen LogP contribution in [0.25, 0.3) is 10.2 Å². The van der Waals surface area contributed by atoms with Crippen LogP contribution in [-0.4, -0.2) is 34.1 Å². The second-order valence-corrected chi connectivity index (χ2v) is 8.23. The molecule has 8 heteroatoms. The molecule has 1 aliphatic carbocycles. The summed E-state index contributed by atoms with van der Waals surface area (Å²) in [6, 6.07) is 0. The minimum atomic E-state index is -0.721. The van der Waals surface area contributed by atoms with Crippen LogP contribution < -0.4 is 10.9 Å².